The summed E-state index contributed by atoms with van der Waals surface area (Å²) >= 11 is 1.64. The Balaban J connectivity index is 2.00. The molecule has 1 unspecified atom stereocenters. The second-order valence-corrected chi connectivity index (χ2v) is 6.25. The van der Waals surface area contributed by atoms with Gasteiger partial charge in [0.05, 0.1) is 28.4 Å². The molecule has 2 rings (SSSR count). The molecule has 4 nitrogen and oxygen atoms in total. The van der Waals surface area contributed by atoms with Gasteiger partial charge in [-0.05, 0) is 52.0 Å². The van der Waals surface area contributed by atoms with Crippen LogP contribution in [0.4, 0.5) is 5.69 Å². The minimum atomic E-state index is -0.292. The number of carbonyl (C=O) groups is 1. The molecule has 0 aliphatic carbocycles. The zero-order valence-corrected chi connectivity index (χ0v) is 13.5. The molecule has 0 saturated carbocycles. The number of aryl methyl sites for hydroxylation is 1. The van der Waals surface area contributed by atoms with Crippen molar-refractivity contribution in [3.05, 3.63) is 45.9 Å². The maximum Gasteiger partial charge on any atom is 0.338 e. The topological polar surface area (TPSA) is 51.2 Å². The van der Waals surface area contributed by atoms with Gasteiger partial charge >= 0.3 is 5.97 Å². The first-order valence-electron chi connectivity index (χ1n) is 6.95. The average Bonchev–Trinajstić information content (AvgIpc) is 2.85. The van der Waals surface area contributed by atoms with E-state index in [-0.39, 0.29) is 18.1 Å². The Morgan fingerprint density at radius 1 is 1.24 bits per heavy atom. The normalized spacial score (nSPS) is 12.2. The second-order valence-electron chi connectivity index (χ2n) is 5.19. The fourth-order valence-electron chi connectivity index (χ4n) is 1.89. The fraction of sp³-hybridized carbons (Fsp3) is 0.375. The van der Waals surface area contributed by atoms with Crippen molar-refractivity contribution in [1.82, 2.24) is 4.98 Å². The number of hydrogen-bond acceptors (Lipinski definition) is 5. The summed E-state index contributed by atoms with van der Waals surface area (Å²) in [5, 5.41) is 6.49. The lowest BCUT2D eigenvalue weighted by Crippen LogP contribution is -2.12. The van der Waals surface area contributed by atoms with Crippen LogP contribution >= 0.6 is 11.3 Å². The van der Waals surface area contributed by atoms with Gasteiger partial charge in [-0.1, -0.05) is 0 Å². The summed E-state index contributed by atoms with van der Waals surface area (Å²) in [6, 6.07) is 7.43. The summed E-state index contributed by atoms with van der Waals surface area (Å²) < 4.78 is 5.16. The minimum absolute atomic E-state index is 0.108. The van der Waals surface area contributed by atoms with Crippen molar-refractivity contribution < 1.29 is 9.53 Å². The molecule has 1 aromatic heterocycles. The van der Waals surface area contributed by atoms with Crippen LogP contribution in [0.2, 0.25) is 0 Å². The molecule has 0 spiro atoms. The van der Waals surface area contributed by atoms with Gasteiger partial charge in [-0.3, -0.25) is 0 Å². The van der Waals surface area contributed by atoms with Crippen LogP contribution in [-0.4, -0.2) is 17.1 Å². The van der Waals surface area contributed by atoms with E-state index in [9.17, 15) is 4.79 Å². The van der Waals surface area contributed by atoms with E-state index in [1.165, 1.54) is 0 Å². The molecule has 0 fully saturated rings. The predicted molar refractivity (Wildman–Crippen MR) is 85.9 cm³/mol. The molecule has 1 aromatic carbocycles. The predicted octanol–water partition coefficient (Wildman–Crippen LogP) is 4.19. The third kappa shape index (κ3) is 4.29. The van der Waals surface area contributed by atoms with E-state index < -0.39 is 0 Å². The lowest BCUT2D eigenvalue weighted by molar-refractivity contribution is 0.0378. The van der Waals surface area contributed by atoms with Gasteiger partial charge in [-0.25, -0.2) is 9.78 Å². The Labute approximate surface area is 129 Å². The summed E-state index contributed by atoms with van der Waals surface area (Å²) in [5.74, 6) is -0.292. The van der Waals surface area contributed by atoms with E-state index in [0.29, 0.717) is 5.56 Å². The molecule has 0 radical (unpaired) electrons. The smallest absolute Gasteiger partial charge is 0.338 e. The highest BCUT2D eigenvalue weighted by Crippen LogP contribution is 2.21. The van der Waals surface area contributed by atoms with Crippen molar-refractivity contribution in [1.29, 1.82) is 0 Å². The molecule has 0 bridgehead atoms. The second kappa shape index (κ2) is 6.72. The Hall–Kier alpha value is -1.88. The number of esters is 1. The van der Waals surface area contributed by atoms with Crippen LogP contribution in [0.1, 0.15) is 47.9 Å². The number of rotatable bonds is 5. The Morgan fingerprint density at radius 3 is 2.43 bits per heavy atom. The van der Waals surface area contributed by atoms with Gasteiger partial charge in [0.2, 0.25) is 0 Å². The minimum Gasteiger partial charge on any atom is -0.459 e. The van der Waals surface area contributed by atoms with Crippen LogP contribution in [0.3, 0.4) is 0 Å². The van der Waals surface area contributed by atoms with E-state index >= 15 is 0 Å². The molecule has 1 heterocycles. The number of thiazole rings is 1. The zero-order chi connectivity index (χ0) is 15.4. The molecule has 0 amide bonds. The number of carbonyl (C=O) groups excluding carboxylic acids is 1. The van der Waals surface area contributed by atoms with E-state index in [1.807, 2.05) is 32.9 Å². The van der Waals surface area contributed by atoms with Crippen molar-refractivity contribution >= 4 is 23.0 Å². The fourth-order valence-corrected chi connectivity index (χ4v) is 2.59. The lowest BCUT2D eigenvalue weighted by Gasteiger charge is -2.13. The molecular weight excluding hydrogens is 284 g/mol. The van der Waals surface area contributed by atoms with Crippen molar-refractivity contribution in [2.75, 3.05) is 5.32 Å². The first-order chi connectivity index (χ1) is 9.95. The van der Waals surface area contributed by atoms with Gasteiger partial charge in [-0.15, -0.1) is 11.3 Å². The average molecular weight is 304 g/mol. The maximum atomic E-state index is 11.8. The molecule has 0 aliphatic heterocycles. The maximum absolute atomic E-state index is 11.8. The van der Waals surface area contributed by atoms with Gasteiger partial charge in [0.15, 0.2) is 0 Å². The summed E-state index contributed by atoms with van der Waals surface area (Å²) in [6.45, 7) is 7.74. The summed E-state index contributed by atoms with van der Waals surface area (Å²) in [5.41, 5.74) is 2.54. The molecule has 112 valence electrons. The molecule has 0 saturated heterocycles. The van der Waals surface area contributed by atoms with Crippen molar-refractivity contribution in [3.63, 3.8) is 0 Å². The lowest BCUT2D eigenvalue weighted by atomic mass is 10.2. The van der Waals surface area contributed by atoms with Gasteiger partial charge in [0.1, 0.15) is 0 Å². The zero-order valence-electron chi connectivity index (χ0n) is 12.7. The van der Waals surface area contributed by atoms with Gasteiger partial charge in [0.25, 0.3) is 0 Å². The first kappa shape index (κ1) is 15.5. The number of benzene rings is 1. The Kier molecular flexibility index (Phi) is 4.96. The first-order valence-corrected chi connectivity index (χ1v) is 7.83. The highest BCUT2D eigenvalue weighted by molar-refractivity contribution is 7.09. The molecule has 5 heteroatoms. The van der Waals surface area contributed by atoms with Gasteiger partial charge < -0.3 is 10.1 Å². The number of hydrogen-bond donors (Lipinski definition) is 1. The van der Waals surface area contributed by atoms with Crippen LogP contribution < -0.4 is 5.32 Å². The van der Waals surface area contributed by atoms with Crippen LogP contribution in [0.5, 0.6) is 0 Å². The Bertz CT molecular complexity index is 605. The number of ether oxygens (including phenoxy) is 1. The molecule has 1 N–H and O–H groups in total. The van der Waals surface area contributed by atoms with Gasteiger partial charge in [-0.2, -0.15) is 0 Å². The third-order valence-corrected chi connectivity index (χ3v) is 3.72. The molecular formula is C16H20N2O2S. The van der Waals surface area contributed by atoms with Crippen molar-refractivity contribution in [2.24, 2.45) is 0 Å². The number of anilines is 1. The summed E-state index contributed by atoms with van der Waals surface area (Å²) in [4.78, 5) is 16.2. The number of nitrogens with one attached hydrogen (secondary N) is 1. The summed E-state index contributed by atoms with van der Waals surface area (Å²) in [6.07, 6.45) is -0.108. The van der Waals surface area contributed by atoms with E-state index in [4.69, 9.17) is 4.74 Å². The van der Waals surface area contributed by atoms with Crippen LogP contribution in [0, 0.1) is 6.92 Å². The largest absolute Gasteiger partial charge is 0.459 e. The molecule has 0 aliphatic rings. The van der Waals surface area contributed by atoms with Crippen LogP contribution in [0.25, 0.3) is 0 Å². The molecule has 21 heavy (non-hydrogen) atoms. The van der Waals surface area contributed by atoms with Crippen LogP contribution in [0.15, 0.2) is 29.6 Å². The standard InChI is InChI=1S/C16H20N2O2S/c1-10(2)20-16(19)13-5-7-14(8-6-13)17-11(3)15-9-21-12(4)18-15/h5-11,17H,1-4H3. The highest BCUT2D eigenvalue weighted by atomic mass is 32.1. The SMILES string of the molecule is Cc1nc(C(C)Nc2ccc(C(=O)OC(C)C)cc2)cs1. The van der Waals surface area contributed by atoms with E-state index in [1.54, 1.807) is 23.5 Å². The molecule has 2 aromatic rings. The quantitative estimate of drug-likeness (QED) is 0.842. The van der Waals surface area contributed by atoms with Crippen LogP contribution in [-0.2, 0) is 4.74 Å². The van der Waals surface area contributed by atoms with Crippen molar-refractivity contribution in [3.8, 4) is 0 Å². The highest BCUT2D eigenvalue weighted by Gasteiger charge is 2.11. The van der Waals surface area contributed by atoms with Gasteiger partial charge in [0, 0.05) is 11.1 Å². The monoisotopic (exact) mass is 304 g/mol. The number of aromatic nitrogens is 1. The van der Waals surface area contributed by atoms with Crippen molar-refractivity contribution in [2.45, 2.75) is 39.8 Å². The van der Waals surface area contributed by atoms with E-state index in [2.05, 4.69) is 22.6 Å². The number of nitrogens with zero attached hydrogens (tertiary/aromatic N) is 1. The van der Waals surface area contributed by atoms with E-state index in [0.717, 1.165) is 16.4 Å². The third-order valence-electron chi connectivity index (χ3n) is 2.93. The Morgan fingerprint density at radius 2 is 1.90 bits per heavy atom. The summed E-state index contributed by atoms with van der Waals surface area (Å²) in [7, 11) is 0. The molecule has 1 atom stereocenters.